The third kappa shape index (κ3) is 7.64. The fourth-order valence-corrected chi connectivity index (χ4v) is 5.02. The van der Waals surface area contributed by atoms with Crippen LogP contribution in [-0.2, 0) is 11.3 Å². The number of piperidine rings is 1. The van der Waals surface area contributed by atoms with Crippen LogP contribution in [0.1, 0.15) is 57.2 Å². The summed E-state index contributed by atoms with van der Waals surface area (Å²) in [5.41, 5.74) is -0.225. The highest BCUT2D eigenvalue weighted by Gasteiger charge is 2.38. The number of ether oxygens (including phenoxy) is 2. The number of halogens is 1. The summed E-state index contributed by atoms with van der Waals surface area (Å²) < 4.78 is 27.8. The van der Waals surface area contributed by atoms with Gasteiger partial charge in [-0.15, -0.1) is 5.10 Å². The summed E-state index contributed by atoms with van der Waals surface area (Å²) in [6.45, 7) is 10.1. The molecule has 42 heavy (non-hydrogen) atoms. The molecule has 2 amide bonds. The lowest BCUT2D eigenvalue weighted by molar-refractivity contribution is -0.00443. The number of amides is 2. The Bertz CT molecular complexity index is 1360. The second kappa shape index (κ2) is 13.3. The predicted octanol–water partition coefficient (Wildman–Crippen LogP) is 4.70. The van der Waals surface area contributed by atoms with E-state index in [1.807, 2.05) is 32.0 Å². The lowest BCUT2D eigenvalue weighted by Gasteiger charge is -2.43. The standard InChI is InChI=1S/C31H40FN5O5/c1-21(2)16-36(23-15-22(19-38)17-35(18-23)30(40)42-31(3,4)5)29(39)28-27(20-41-24-11-7-6-8-12-24)37(34-33-28)26-14-10-9-13-25(26)32/h6-14,21-23,38H,15-20H2,1-5H3/t22-,23+/m1/s1. The molecule has 1 saturated heterocycles. The molecule has 0 radical (unpaired) electrons. The van der Waals surface area contributed by atoms with Crippen molar-refractivity contribution in [1.82, 2.24) is 24.8 Å². The summed E-state index contributed by atoms with van der Waals surface area (Å²) in [6.07, 6.45) is -0.00371. The van der Waals surface area contributed by atoms with Crippen LogP contribution in [0, 0.1) is 17.7 Å². The summed E-state index contributed by atoms with van der Waals surface area (Å²) in [7, 11) is 0. The van der Waals surface area contributed by atoms with E-state index in [-0.39, 0.29) is 43.0 Å². The summed E-state index contributed by atoms with van der Waals surface area (Å²) in [6, 6.07) is 14.8. The van der Waals surface area contributed by atoms with E-state index in [2.05, 4.69) is 10.3 Å². The number of nitrogens with zero attached hydrogens (tertiary/aromatic N) is 5. The Balaban J connectivity index is 1.70. The van der Waals surface area contributed by atoms with Gasteiger partial charge in [-0.2, -0.15) is 0 Å². The first-order chi connectivity index (χ1) is 20.0. The molecule has 1 aliphatic rings. The van der Waals surface area contributed by atoms with E-state index in [4.69, 9.17) is 9.47 Å². The van der Waals surface area contributed by atoms with Crippen LogP contribution in [-0.4, -0.2) is 79.8 Å². The second-order valence-electron chi connectivity index (χ2n) is 12.0. The maximum atomic E-state index is 14.9. The molecule has 226 valence electrons. The Labute approximate surface area is 246 Å². The average molecular weight is 582 g/mol. The van der Waals surface area contributed by atoms with Crippen LogP contribution in [0.25, 0.3) is 5.69 Å². The Morgan fingerprint density at radius 2 is 1.79 bits per heavy atom. The molecule has 4 rings (SSSR count). The minimum atomic E-state index is -0.689. The molecule has 1 N–H and O–H groups in total. The number of carbonyl (C=O) groups excluding carboxylic acids is 2. The van der Waals surface area contributed by atoms with Gasteiger partial charge in [-0.1, -0.05) is 49.4 Å². The average Bonchev–Trinajstić information content (AvgIpc) is 3.37. The van der Waals surface area contributed by atoms with Gasteiger partial charge in [0.2, 0.25) is 0 Å². The number of aliphatic hydroxyl groups excluding tert-OH is 1. The Morgan fingerprint density at radius 1 is 1.10 bits per heavy atom. The number of carbonyl (C=O) groups is 2. The van der Waals surface area contributed by atoms with Crippen LogP contribution in [0.15, 0.2) is 54.6 Å². The van der Waals surface area contributed by atoms with Gasteiger partial charge in [-0.05, 0) is 57.4 Å². The smallest absolute Gasteiger partial charge is 0.410 e. The first-order valence-corrected chi connectivity index (χ1v) is 14.2. The van der Waals surface area contributed by atoms with Gasteiger partial charge in [-0.3, -0.25) is 4.79 Å². The number of hydrogen-bond donors (Lipinski definition) is 1. The minimum Gasteiger partial charge on any atom is -0.487 e. The summed E-state index contributed by atoms with van der Waals surface area (Å²) in [5.74, 6) is -0.516. The van der Waals surface area contributed by atoms with Crippen LogP contribution < -0.4 is 4.74 Å². The van der Waals surface area contributed by atoms with Gasteiger partial charge >= 0.3 is 6.09 Å². The van der Waals surface area contributed by atoms with E-state index in [0.29, 0.717) is 31.0 Å². The molecule has 3 aromatic rings. The van der Waals surface area contributed by atoms with E-state index in [9.17, 15) is 19.1 Å². The lowest BCUT2D eigenvalue weighted by Crippen LogP contribution is -2.56. The van der Waals surface area contributed by atoms with E-state index in [1.165, 1.54) is 10.7 Å². The quantitative estimate of drug-likeness (QED) is 0.390. The third-order valence-electron chi connectivity index (χ3n) is 6.85. The van der Waals surface area contributed by atoms with Crippen molar-refractivity contribution in [1.29, 1.82) is 0 Å². The monoisotopic (exact) mass is 581 g/mol. The molecule has 1 aliphatic heterocycles. The zero-order chi connectivity index (χ0) is 30.4. The molecular formula is C31H40FN5O5. The van der Waals surface area contributed by atoms with E-state index in [1.54, 1.807) is 60.9 Å². The fraction of sp³-hybridized carbons (Fsp3) is 0.484. The molecule has 11 heteroatoms. The molecular weight excluding hydrogens is 541 g/mol. The lowest BCUT2D eigenvalue weighted by atomic mass is 9.93. The van der Waals surface area contributed by atoms with Crippen molar-refractivity contribution >= 4 is 12.0 Å². The number of para-hydroxylation sites is 2. The molecule has 10 nitrogen and oxygen atoms in total. The van der Waals surface area contributed by atoms with Crippen LogP contribution in [0.3, 0.4) is 0 Å². The number of likely N-dealkylation sites (tertiary alicyclic amines) is 1. The van der Waals surface area contributed by atoms with Gasteiger partial charge in [0.15, 0.2) is 5.69 Å². The fourth-order valence-electron chi connectivity index (χ4n) is 5.02. The number of rotatable bonds is 9. The first-order valence-electron chi connectivity index (χ1n) is 14.2. The largest absolute Gasteiger partial charge is 0.487 e. The molecule has 2 heterocycles. The van der Waals surface area contributed by atoms with Crippen LogP contribution in [0.5, 0.6) is 5.75 Å². The number of aliphatic hydroxyl groups is 1. The minimum absolute atomic E-state index is 0.0322. The number of hydrogen-bond acceptors (Lipinski definition) is 7. The number of benzene rings is 2. The molecule has 0 saturated carbocycles. The van der Waals surface area contributed by atoms with Gasteiger partial charge < -0.3 is 24.4 Å². The SMILES string of the molecule is CC(C)CN(C(=O)c1nnn(-c2ccccc2F)c1COc1ccccc1)[C@H]1C[C@@H](CO)CN(C(=O)OC(C)(C)C)C1. The van der Waals surface area contributed by atoms with Gasteiger partial charge in [0, 0.05) is 32.2 Å². The van der Waals surface area contributed by atoms with Gasteiger partial charge in [0.1, 0.15) is 35.2 Å². The van der Waals surface area contributed by atoms with Crippen molar-refractivity contribution in [3.8, 4) is 11.4 Å². The van der Waals surface area contributed by atoms with Crippen LogP contribution in [0.4, 0.5) is 9.18 Å². The van der Waals surface area contributed by atoms with Crippen molar-refractivity contribution in [2.24, 2.45) is 11.8 Å². The molecule has 2 aromatic carbocycles. The summed E-state index contributed by atoms with van der Waals surface area (Å²) in [5, 5.41) is 18.5. The van der Waals surface area contributed by atoms with Crippen molar-refractivity contribution in [3.05, 3.63) is 71.8 Å². The van der Waals surface area contributed by atoms with Gasteiger partial charge in [0.05, 0.1) is 6.04 Å². The molecule has 0 unspecified atom stereocenters. The van der Waals surface area contributed by atoms with Crippen molar-refractivity contribution in [2.75, 3.05) is 26.2 Å². The number of aromatic nitrogens is 3. The Hall–Kier alpha value is -3.99. The molecule has 0 aliphatic carbocycles. The zero-order valence-electron chi connectivity index (χ0n) is 24.9. The second-order valence-corrected chi connectivity index (χ2v) is 12.0. The van der Waals surface area contributed by atoms with Gasteiger partial charge in [-0.25, -0.2) is 13.9 Å². The highest BCUT2D eigenvalue weighted by atomic mass is 19.1. The first kappa shape index (κ1) is 31.0. The van der Waals surface area contributed by atoms with E-state index >= 15 is 0 Å². The van der Waals surface area contributed by atoms with E-state index in [0.717, 1.165) is 0 Å². The van der Waals surface area contributed by atoms with Crippen LogP contribution in [0.2, 0.25) is 0 Å². The van der Waals surface area contributed by atoms with Crippen molar-refractivity contribution in [3.63, 3.8) is 0 Å². The predicted molar refractivity (Wildman–Crippen MR) is 155 cm³/mol. The maximum absolute atomic E-state index is 14.9. The third-order valence-corrected chi connectivity index (χ3v) is 6.85. The van der Waals surface area contributed by atoms with Crippen molar-refractivity contribution < 1.29 is 28.6 Å². The topological polar surface area (TPSA) is 110 Å². The van der Waals surface area contributed by atoms with Crippen LogP contribution >= 0.6 is 0 Å². The molecule has 1 aromatic heterocycles. The van der Waals surface area contributed by atoms with Crippen molar-refractivity contribution in [2.45, 2.75) is 59.3 Å². The Morgan fingerprint density at radius 3 is 2.43 bits per heavy atom. The molecule has 0 bridgehead atoms. The van der Waals surface area contributed by atoms with E-state index < -0.39 is 29.5 Å². The molecule has 1 fully saturated rings. The normalized spacial score (nSPS) is 17.3. The highest BCUT2D eigenvalue weighted by molar-refractivity contribution is 5.93. The molecule has 0 spiro atoms. The van der Waals surface area contributed by atoms with Gasteiger partial charge in [0.25, 0.3) is 5.91 Å². The highest BCUT2D eigenvalue weighted by Crippen LogP contribution is 2.27. The zero-order valence-corrected chi connectivity index (χ0v) is 24.9. The summed E-state index contributed by atoms with van der Waals surface area (Å²) >= 11 is 0. The Kier molecular flexibility index (Phi) is 9.82. The summed E-state index contributed by atoms with van der Waals surface area (Å²) in [4.78, 5) is 30.6. The maximum Gasteiger partial charge on any atom is 0.410 e. The molecule has 2 atom stereocenters.